The number of ether oxygens (including phenoxy) is 2. The van der Waals surface area contributed by atoms with Crippen molar-refractivity contribution in [2.45, 2.75) is 26.2 Å². The van der Waals surface area contributed by atoms with Crippen molar-refractivity contribution in [1.29, 1.82) is 0 Å². The second-order valence-corrected chi connectivity index (χ2v) is 7.15. The standard InChI is InChI=1S/C20H23IN2O4/c1-4-13(2)15-7-5-6-8-17(15)27-12-19(24)22-23-20(25)14-9-10-18(26-3)16(21)11-14/h5-11,13H,4,12H2,1-3H3,(H,22,24)(H,23,25). The number of nitrogens with one attached hydrogen (secondary N) is 2. The molecule has 2 aromatic carbocycles. The molecule has 144 valence electrons. The van der Waals surface area contributed by atoms with Crippen LogP contribution in [0, 0.1) is 3.57 Å². The van der Waals surface area contributed by atoms with Crippen LogP contribution in [0.25, 0.3) is 0 Å². The topological polar surface area (TPSA) is 76.7 Å². The molecule has 6 nitrogen and oxygen atoms in total. The van der Waals surface area contributed by atoms with Crippen molar-refractivity contribution in [3.63, 3.8) is 0 Å². The fourth-order valence-corrected chi connectivity index (χ4v) is 3.16. The maximum Gasteiger partial charge on any atom is 0.276 e. The molecular weight excluding hydrogens is 459 g/mol. The van der Waals surface area contributed by atoms with Crippen molar-refractivity contribution in [3.05, 3.63) is 57.2 Å². The second-order valence-electron chi connectivity index (χ2n) is 5.99. The zero-order valence-corrected chi connectivity index (χ0v) is 17.7. The van der Waals surface area contributed by atoms with Crippen LogP contribution in [0.4, 0.5) is 0 Å². The number of para-hydroxylation sites is 1. The van der Waals surface area contributed by atoms with Gasteiger partial charge in [-0.15, -0.1) is 0 Å². The fraction of sp³-hybridized carbons (Fsp3) is 0.300. The molecule has 0 bridgehead atoms. The van der Waals surface area contributed by atoms with Crippen LogP contribution < -0.4 is 20.3 Å². The van der Waals surface area contributed by atoms with Gasteiger partial charge in [0, 0.05) is 5.56 Å². The zero-order chi connectivity index (χ0) is 19.8. The lowest BCUT2D eigenvalue weighted by Gasteiger charge is -2.15. The highest BCUT2D eigenvalue weighted by Crippen LogP contribution is 2.28. The minimum absolute atomic E-state index is 0.187. The first-order chi connectivity index (χ1) is 13.0. The number of benzene rings is 2. The van der Waals surface area contributed by atoms with Gasteiger partial charge in [0.1, 0.15) is 11.5 Å². The summed E-state index contributed by atoms with van der Waals surface area (Å²) in [4.78, 5) is 24.1. The van der Waals surface area contributed by atoms with Gasteiger partial charge < -0.3 is 9.47 Å². The molecule has 1 unspecified atom stereocenters. The van der Waals surface area contributed by atoms with Crippen LogP contribution in [0.15, 0.2) is 42.5 Å². The summed E-state index contributed by atoms with van der Waals surface area (Å²) >= 11 is 2.08. The first-order valence-corrected chi connectivity index (χ1v) is 9.68. The number of hydrogen-bond donors (Lipinski definition) is 2. The van der Waals surface area contributed by atoms with E-state index < -0.39 is 11.8 Å². The van der Waals surface area contributed by atoms with E-state index in [2.05, 4.69) is 47.3 Å². The highest BCUT2D eigenvalue weighted by atomic mass is 127. The molecule has 0 heterocycles. The summed E-state index contributed by atoms with van der Waals surface area (Å²) in [5, 5.41) is 0. The van der Waals surface area contributed by atoms with Gasteiger partial charge in [0.25, 0.3) is 11.8 Å². The van der Waals surface area contributed by atoms with Crippen LogP contribution in [0.3, 0.4) is 0 Å². The van der Waals surface area contributed by atoms with Crippen LogP contribution in [0.2, 0.25) is 0 Å². The average molecular weight is 482 g/mol. The highest BCUT2D eigenvalue weighted by molar-refractivity contribution is 14.1. The molecule has 0 saturated carbocycles. The van der Waals surface area contributed by atoms with Crippen LogP contribution in [-0.2, 0) is 4.79 Å². The van der Waals surface area contributed by atoms with Gasteiger partial charge in [-0.3, -0.25) is 20.4 Å². The predicted molar refractivity (Wildman–Crippen MR) is 112 cm³/mol. The Kier molecular flexibility index (Phi) is 7.90. The minimum atomic E-state index is -0.439. The first kappa shape index (κ1) is 21.0. The zero-order valence-electron chi connectivity index (χ0n) is 15.5. The van der Waals surface area contributed by atoms with Gasteiger partial charge in [-0.1, -0.05) is 32.0 Å². The molecule has 1 atom stereocenters. The van der Waals surface area contributed by atoms with Crippen LogP contribution >= 0.6 is 22.6 Å². The van der Waals surface area contributed by atoms with Crippen molar-refractivity contribution < 1.29 is 19.1 Å². The van der Waals surface area contributed by atoms with E-state index in [-0.39, 0.29) is 6.61 Å². The van der Waals surface area contributed by atoms with Crippen LogP contribution in [-0.4, -0.2) is 25.5 Å². The highest BCUT2D eigenvalue weighted by Gasteiger charge is 2.13. The molecule has 2 amide bonds. The van der Waals surface area contributed by atoms with Crippen LogP contribution in [0.1, 0.15) is 42.1 Å². The Labute approximate surface area is 172 Å². The Morgan fingerprint density at radius 2 is 1.85 bits per heavy atom. The van der Waals surface area contributed by atoms with E-state index in [9.17, 15) is 9.59 Å². The maximum atomic E-state index is 12.1. The van der Waals surface area contributed by atoms with Crippen molar-refractivity contribution in [3.8, 4) is 11.5 Å². The molecule has 0 saturated heterocycles. The number of hydrazine groups is 1. The third-order valence-electron chi connectivity index (χ3n) is 4.15. The van der Waals surface area contributed by atoms with E-state index in [0.29, 0.717) is 23.0 Å². The Morgan fingerprint density at radius 3 is 2.52 bits per heavy atom. The largest absolute Gasteiger partial charge is 0.496 e. The van der Waals surface area contributed by atoms with E-state index in [0.717, 1.165) is 15.6 Å². The van der Waals surface area contributed by atoms with Gasteiger partial charge >= 0.3 is 0 Å². The predicted octanol–water partition coefficient (Wildman–Crippen LogP) is 3.65. The van der Waals surface area contributed by atoms with Crippen molar-refractivity contribution in [2.75, 3.05) is 13.7 Å². The summed E-state index contributed by atoms with van der Waals surface area (Å²) in [6.45, 7) is 4.02. The lowest BCUT2D eigenvalue weighted by atomic mass is 9.98. The smallest absolute Gasteiger partial charge is 0.276 e. The monoisotopic (exact) mass is 482 g/mol. The lowest BCUT2D eigenvalue weighted by molar-refractivity contribution is -0.123. The number of carbonyl (C=O) groups is 2. The molecular formula is C20H23IN2O4. The first-order valence-electron chi connectivity index (χ1n) is 8.60. The Bertz CT molecular complexity index is 810. The average Bonchev–Trinajstić information content (AvgIpc) is 2.69. The summed E-state index contributed by atoms with van der Waals surface area (Å²) in [6, 6.07) is 12.7. The normalized spacial score (nSPS) is 11.4. The van der Waals surface area contributed by atoms with E-state index in [1.807, 2.05) is 24.3 Å². The third kappa shape index (κ3) is 5.85. The Balaban J connectivity index is 1.88. The third-order valence-corrected chi connectivity index (χ3v) is 4.99. The molecule has 27 heavy (non-hydrogen) atoms. The van der Waals surface area contributed by atoms with Gasteiger partial charge in [-0.2, -0.15) is 0 Å². The molecule has 2 rings (SSSR count). The second kappa shape index (κ2) is 10.1. The molecule has 0 aliphatic rings. The fourth-order valence-electron chi connectivity index (χ4n) is 2.42. The number of hydrogen-bond acceptors (Lipinski definition) is 4. The van der Waals surface area contributed by atoms with Gasteiger partial charge in [0.05, 0.1) is 10.7 Å². The van der Waals surface area contributed by atoms with Crippen molar-refractivity contribution in [1.82, 2.24) is 10.9 Å². The molecule has 0 aliphatic carbocycles. The van der Waals surface area contributed by atoms with E-state index in [1.54, 1.807) is 25.3 Å². The molecule has 0 fully saturated rings. The molecule has 2 N–H and O–H groups in total. The number of halogens is 1. The van der Waals surface area contributed by atoms with Gasteiger partial charge in [0.15, 0.2) is 6.61 Å². The maximum absolute atomic E-state index is 12.1. The molecule has 0 spiro atoms. The number of methoxy groups -OCH3 is 1. The lowest BCUT2D eigenvalue weighted by Crippen LogP contribution is -2.43. The summed E-state index contributed by atoms with van der Waals surface area (Å²) in [5.41, 5.74) is 6.23. The van der Waals surface area contributed by atoms with Crippen molar-refractivity contribution >= 4 is 34.4 Å². The van der Waals surface area contributed by atoms with Gasteiger partial charge in [0.2, 0.25) is 0 Å². The Morgan fingerprint density at radius 1 is 1.11 bits per heavy atom. The molecule has 0 aliphatic heterocycles. The number of amides is 2. The summed E-state index contributed by atoms with van der Waals surface area (Å²) < 4.78 is 11.6. The Hall–Kier alpha value is -2.29. The van der Waals surface area contributed by atoms with Crippen LogP contribution in [0.5, 0.6) is 11.5 Å². The molecule has 0 aromatic heterocycles. The summed E-state index contributed by atoms with van der Waals surface area (Å²) in [7, 11) is 1.57. The SMILES string of the molecule is CCC(C)c1ccccc1OCC(=O)NNC(=O)c1ccc(OC)c(I)c1. The number of rotatable bonds is 7. The summed E-state index contributed by atoms with van der Waals surface area (Å²) in [6.07, 6.45) is 0.975. The van der Waals surface area contributed by atoms with Crippen molar-refractivity contribution in [2.24, 2.45) is 0 Å². The van der Waals surface area contributed by atoms with Gasteiger partial charge in [-0.25, -0.2) is 0 Å². The molecule has 2 aromatic rings. The number of carbonyl (C=O) groups excluding carboxylic acids is 2. The quantitative estimate of drug-likeness (QED) is 0.467. The van der Waals surface area contributed by atoms with E-state index in [4.69, 9.17) is 9.47 Å². The summed E-state index contributed by atoms with van der Waals surface area (Å²) in [5.74, 6) is 0.846. The molecule has 0 radical (unpaired) electrons. The van der Waals surface area contributed by atoms with Gasteiger partial charge in [-0.05, 0) is 64.8 Å². The molecule has 7 heteroatoms. The van der Waals surface area contributed by atoms with E-state index in [1.165, 1.54) is 0 Å². The minimum Gasteiger partial charge on any atom is -0.496 e. The van der Waals surface area contributed by atoms with E-state index >= 15 is 0 Å².